The number of hydrogen-bond donors (Lipinski definition) is 2. The first-order valence-corrected chi connectivity index (χ1v) is 6.81. The fraction of sp³-hybridized carbons (Fsp3) is 0.0714. The van der Waals surface area contributed by atoms with Gasteiger partial charge in [0, 0.05) is 11.8 Å². The summed E-state index contributed by atoms with van der Waals surface area (Å²) in [6.07, 6.45) is 1.29. The van der Waals surface area contributed by atoms with Crippen molar-refractivity contribution >= 4 is 33.1 Å². The van der Waals surface area contributed by atoms with Crippen molar-refractivity contribution in [3.63, 3.8) is 0 Å². The Labute approximate surface area is 127 Å². The third-order valence-corrected chi connectivity index (χ3v) is 3.63. The lowest BCUT2D eigenvalue weighted by Gasteiger charge is -2.04. The number of pyridine rings is 1. The van der Waals surface area contributed by atoms with Gasteiger partial charge in [0.05, 0.1) is 22.7 Å². The van der Waals surface area contributed by atoms with Gasteiger partial charge in [-0.3, -0.25) is 0 Å². The molecular weight excluding hydrogens is 338 g/mol. The molecule has 0 spiro atoms. The maximum Gasteiger partial charge on any atom is 0.337 e. The van der Waals surface area contributed by atoms with Gasteiger partial charge in [-0.1, -0.05) is 0 Å². The lowest BCUT2D eigenvalue weighted by Crippen LogP contribution is -1.96. The minimum absolute atomic E-state index is 0.119. The van der Waals surface area contributed by atoms with E-state index in [1.807, 2.05) is 18.2 Å². The largest absolute Gasteiger partial charge is 0.496 e. The van der Waals surface area contributed by atoms with E-state index in [1.165, 1.54) is 12.3 Å². The molecule has 0 saturated carbocycles. The Bertz CT molecular complexity index is 845. The predicted molar refractivity (Wildman–Crippen MR) is 80.5 cm³/mol. The van der Waals surface area contributed by atoms with Crippen LogP contribution in [0.25, 0.3) is 22.6 Å². The van der Waals surface area contributed by atoms with Gasteiger partial charge in [-0.2, -0.15) is 0 Å². The van der Waals surface area contributed by atoms with Crippen molar-refractivity contribution in [3.05, 3.63) is 40.5 Å². The summed E-state index contributed by atoms with van der Waals surface area (Å²) < 4.78 is 5.99. The van der Waals surface area contributed by atoms with Crippen molar-refractivity contribution in [2.45, 2.75) is 0 Å². The number of aromatic amines is 1. The molecule has 106 valence electrons. The molecule has 3 aromatic rings. The van der Waals surface area contributed by atoms with E-state index in [4.69, 9.17) is 9.84 Å². The summed E-state index contributed by atoms with van der Waals surface area (Å²) in [6.45, 7) is 0. The van der Waals surface area contributed by atoms with Crippen LogP contribution in [0.4, 0.5) is 0 Å². The molecule has 1 aromatic carbocycles. The van der Waals surface area contributed by atoms with Crippen LogP contribution in [-0.4, -0.2) is 33.1 Å². The molecule has 0 fully saturated rings. The number of benzene rings is 1. The van der Waals surface area contributed by atoms with Crippen molar-refractivity contribution in [2.75, 3.05) is 7.11 Å². The summed E-state index contributed by atoms with van der Waals surface area (Å²) >= 11 is 3.42. The molecule has 0 bridgehead atoms. The summed E-state index contributed by atoms with van der Waals surface area (Å²) in [7, 11) is 1.60. The van der Waals surface area contributed by atoms with Crippen LogP contribution in [0.15, 0.2) is 34.9 Å². The highest BCUT2D eigenvalue weighted by atomic mass is 79.9. The van der Waals surface area contributed by atoms with Crippen molar-refractivity contribution in [1.82, 2.24) is 15.0 Å². The molecule has 21 heavy (non-hydrogen) atoms. The summed E-state index contributed by atoms with van der Waals surface area (Å²) in [4.78, 5) is 22.4. The van der Waals surface area contributed by atoms with E-state index >= 15 is 0 Å². The Morgan fingerprint density at radius 2 is 2.19 bits per heavy atom. The van der Waals surface area contributed by atoms with Gasteiger partial charge < -0.3 is 14.8 Å². The number of hydrogen-bond acceptors (Lipinski definition) is 4. The molecule has 0 saturated heterocycles. The van der Waals surface area contributed by atoms with Gasteiger partial charge in [-0.25, -0.2) is 14.8 Å². The fourth-order valence-corrected chi connectivity index (χ4v) is 2.51. The zero-order valence-corrected chi connectivity index (χ0v) is 12.5. The van der Waals surface area contributed by atoms with Crippen molar-refractivity contribution in [2.24, 2.45) is 0 Å². The van der Waals surface area contributed by atoms with Crippen LogP contribution in [0, 0.1) is 0 Å². The summed E-state index contributed by atoms with van der Waals surface area (Å²) in [5.41, 5.74) is 2.02. The van der Waals surface area contributed by atoms with Crippen LogP contribution in [0.1, 0.15) is 10.4 Å². The molecule has 2 N–H and O–H groups in total. The van der Waals surface area contributed by atoms with E-state index in [9.17, 15) is 4.79 Å². The second kappa shape index (κ2) is 5.17. The SMILES string of the molecule is COc1ccc(-c2nc3ncc(C(=O)O)cc3[nH]2)cc1Br. The number of rotatable bonds is 3. The number of aromatic nitrogens is 3. The molecular formula is C14H10BrN3O3. The summed E-state index contributed by atoms with van der Waals surface area (Å²) in [5, 5.41) is 8.97. The molecule has 0 radical (unpaired) electrons. The van der Waals surface area contributed by atoms with Gasteiger partial charge in [-0.15, -0.1) is 0 Å². The zero-order chi connectivity index (χ0) is 15.0. The molecule has 3 rings (SSSR count). The minimum Gasteiger partial charge on any atom is -0.496 e. The van der Waals surface area contributed by atoms with Crippen LogP contribution in [-0.2, 0) is 0 Å². The Hall–Kier alpha value is -2.41. The zero-order valence-electron chi connectivity index (χ0n) is 10.9. The third kappa shape index (κ3) is 2.47. The van der Waals surface area contributed by atoms with Gasteiger partial charge in [0.15, 0.2) is 5.65 Å². The Kier molecular flexibility index (Phi) is 3.34. The summed E-state index contributed by atoms with van der Waals surface area (Å²) in [5.74, 6) is 0.317. The van der Waals surface area contributed by atoms with Crippen LogP contribution < -0.4 is 4.74 Å². The van der Waals surface area contributed by atoms with Crippen LogP contribution in [0.3, 0.4) is 0 Å². The van der Waals surface area contributed by atoms with Gasteiger partial charge in [0.1, 0.15) is 11.6 Å². The number of imidazole rings is 1. The highest BCUT2D eigenvalue weighted by Gasteiger charge is 2.11. The second-order valence-corrected chi connectivity index (χ2v) is 5.19. The quantitative estimate of drug-likeness (QED) is 0.759. The number of nitrogens with zero attached hydrogens (tertiary/aromatic N) is 2. The first-order chi connectivity index (χ1) is 10.1. The number of methoxy groups -OCH3 is 1. The number of aromatic carboxylic acids is 1. The Morgan fingerprint density at radius 1 is 1.38 bits per heavy atom. The van der Waals surface area contributed by atoms with Crippen molar-refractivity contribution < 1.29 is 14.6 Å². The van der Waals surface area contributed by atoms with E-state index in [2.05, 4.69) is 30.9 Å². The molecule has 0 unspecified atom stereocenters. The molecule has 0 amide bonds. The molecule has 2 aromatic heterocycles. The lowest BCUT2D eigenvalue weighted by molar-refractivity contribution is 0.0696. The molecule has 0 atom stereocenters. The molecule has 0 aliphatic carbocycles. The predicted octanol–water partition coefficient (Wildman–Crippen LogP) is 3.09. The average Bonchev–Trinajstić information content (AvgIpc) is 2.89. The van der Waals surface area contributed by atoms with Crippen LogP contribution in [0.5, 0.6) is 5.75 Å². The van der Waals surface area contributed by atoms with Gasteiger partial charge in [-0.05, 0) is 40.2 Å². The average molecular weight is 348 g/mol. The minimum atomic E-state index is -1.02. The van der Waals surface area contributed by atoms with Crippen LogP contribution >= 0.6 is 15.9 Å². The van der Waals surface area contributed by atoms with E-state index < -0.39 is 5.97 Å². The van der Waals surface area contributed by atoms with Crippen molar-refractivity contribution in [1.29, 1.82) is 0 Å². The third-order valence-electron chi connectivity index (χ3n) is 3.01. The molecule has 7 heteroatoms. The van der Waals surface area contributed by atoms with Crippen LogP contribution in [0.2, 0.25) is 0 Å². The maximum absolute atomic E-state index is 10.9. The molecule has 6 nitrogen and oxygen atoms in total. The van der Waals surface area contributed by atoms with Gasteiger partial charge >= 0.3 is 5.97 Å². The standard InChI is InChI=1S/C14H10BrN3O3/c1-21-11-3-2-7(4-9(11)15)12-17-10-5-8(14(19)20)6-16-13(10)18-12/h2-6H,1H3,(H,19,20)(H,16,17,18). The highest BCUT2D eigenvalue weighted by molar-refractivity contribution is 9.10. The van der Waals surface area contributed by atoms with Gasteiger partial charge in [0.25, 0.3) is 0 Å². The number of carboxylic acids is 1. The Balaban J connectivity index is 2.08. The molecule has 0 aliphatic rings. The number of halogens is 1. The summed E-state index contributed by atoms with van der Waals surface area (Å²) in [6, 6.07) is 7.07. The van der Waals surface area contributed by atoms with E-state index in [1.54, 1.807) is 7.11 Å². The topological polar surface area (TPSA) is 88.1 Å². The lowest BCUT2D eigenvalue weighted by atomic mass is 10.2. The normalized spacial score (nSPS) is 10.8. The second-order valence-electron chi connectivity index (χ2n) is 4.34. The highest BCUT2D eigenvalue weighted by Crippen LogP contribution is 2.30. The smallest absolute Gasteiger partial charge is 0.337 e. The van der Waals surface area contributed by atoms with E-state index in [0.29, 0.717) is 17.0 Å². The fourth-order valence-electron chi connectivity index (χ4n) is 1.97. The van der Waals surface area contributed by atoms with E-state index in [-0.39, 0.29) is 5.56 Å². The Morgan fingerprint density at radius 3 is 2.86 bits per heavy atom. The first kappa shape index (κ1) is 13.6. The molecule has 0 aliphatic heterocycles. The maximum atomic E-state index is 10.9. The number of fused-ring (bicyclic) bond motifs is 1. The number of nitrogens with one attached hydrogen (secondary N) is 1. The molecule has 2 heterocycles. The number of carbonyl (C=O) groups is 1. The number of carboxylic acid groups (broad SMARTS) is 1. The van der Waals surface area contributed by atoms with Crippen molar-refractivity contribution in [3.8, 4) is 17.1 Å². The number of ether oxygens (including phenoxy) is 1. The first-order valence-electron chi connectivity index (χ1n) is 6.01. The van der Waals surface area contributed by atoms with Gasteiger partial charge in [0.2, 0.25) is 0 Å². The van der Waals surface area contributed by atoms with E-state index in [0.717, 1.165) is 15.8 Å². The number of H-pyrrole nitrogens is 1. The monoisotopic (exact) mass is 347 g/mol.